The Morgan fingerprint density at radius 3 is 2.84 bits per heavy atom. The van der Waals surface area contributed by atoms with Crippen molar-refractivity contribution in [2.24, 2.45) is 13.0 Å². The SMILES string of the molecule is Cn1cc(C(=O)N2CC3(C[C@@H](OCC4CCOCC4)CCO3)C2)cn1. The molecule has 0 unspecified atom stereocenters. The van der Waals surface area contributed by atoms with Crippen LogP contribution in [0.15, 0.2) is 12.4 Å². The molecule has 25 heavy (non-hydrogen) atoms. The Hall–Kier alpha value is -1.44. The summed E-state index contributed by atoms with van der Waals surface area (Å²) in [5.74, 6) is 0.658. The summed E-state index contributed by atoms with van der Waals surface area (Å²) in [5.41, 5.74) is 0.427. The Morgan fingerprint density at radius 2 is 2.12 bits per heavy atom. The van der Waals surface area contributed by atoms with E-state index < -0.39 is 0 Å². The predicted molar refractivity (Wildman–Crippen MR) is 90.3 cm³/mol. The van der Waals surface area contributed by atoms with Crippen molar-refractivity contribution in [1.82, 2.24) is 14.7 Å². The highest BCUT2D eigenvalue weighted by Crippen LogP contribution is 2.36. The molecule has 138 valence electrons. The van der Waals surface area contributed by atoms with Crippen LogP contribution in [-0.4, -0.2) is 71.8 Å². The summed E-state index contributed by atoms with van der Waals surface area (Å²) in [4.78, 5) is 14.3. The third kappa shape index (κ3) is 3.73. The molecule has 3 saturated heterocycles. The maximum atomic E-state index is 12.5. The van der Waals surface area contributed by atoms with E-state index in [9.17, 15) is 4.79 Å². The molecule has 4 heterocycles. The van der Waals surface area contributed by atoms with Gasteiger partial charge in [0.2, 0.25) is 0 Å². The second-order valence-corrected chi connectivity index (χ2v) is 7.60. The number of aryl methyl sites for hydroxylation is 1. The molecule has 0 aromatic carbocycles. The first-order chi connectivity index (χ1) is 12.1. The minimum atomic E-state index is -0.212. The van der Waals surface area contributed by atoms with E-state index in [1.165, 1.54) is 0 Å². The lowest BCUT2D eigenvalue weighted by Gasteiger charge is -2.53. The minimum Gasteiger partial charge on any atom is -0.381 e. The third-order valence-electron chi connectivity index (χ3n) is 5.55. The largest absolute Gasteiger partial charge is 0.381 e. The maximum absolute atomic E-state index is 12.5. The molecule has 3 aliphatic heterocycles. The van der Waals surface area contributed by atoms with Gasteiger partial charge >= 0.3 is 0 Å². The lowest BCUT2D eigenvalue weighted by molar-refractivity contribution is -0.188. The summed E-state index contributed by atoms with van der Waals surface area (Å²) in [6.45, 7) is 4.56. The van der Waals surface area contributed by atoms with Crippen molar-refractivity contribution in [2.75, 3.05) is 39.5 Å². The molecule has 0 radical (unpaired) electrons. The van der Waals surface area contributed by atoms with Gasteiger partial charge in [0.05, 0.1) is 31.0 Å². The molecule has 7 nitrogen and oxygen atoms in total. The quantitative estimate of drug-likeness (QED) is 0.818. The number of hydrogen-bond acceptors (Lipinski definition) is 5. The second kappa shape index (κ2) is 7.05. The van der Waals surface area contributed by atoms with Crippen LogP contribution in [0.1, 0.15) is 36.0 Å². The van der Waals surface area contributed by atoms with Crippen molar-refractivity contribution in [3.8, 4) is 0 Å². The van der Waals surface area contributed by atoms with Gasteiger partial charge in [0.25, 0.3) is 5.91 Å². The first-order valence-corrected chi connectivity index (χ1v) is 9.25. The Morgan fingerprint density at radius 1 is 1.32 bits per heavy atom. The third-order valence-corrected chi connectivity index (χ3v) is 5.55. The molecule has 1 spiro atoms. The van der Waals surface area contributed by atoms with E-state index in [-0.39, 0.29) is 17.6 Å². The van der Waals surface area contributed by atoms with Gasteiger partial charge in [0, 0.05) is 46.1 Å². The van der Waals surface area contributed by atoms with Crippen LogP contribution in [0.25, 0.3) is 0 Å². The van der Waals surface area contributed by atoms with E-state index in [1.807, 2.05) is 11.9 Å². The minimum absolute atomic E-state index is 0.0348. The van der Waals surface area contributed by atoms with Crippen molar-refractivity contribution < 1.29 is 19.0 Å². The fraction of sp³-hybridized carbons (Fsp3) is 0.778. The number of nitrogens with zero attached hydrogens (tertiary/aromatic N) is 3. The summed E-state index contributed by atoms with van der Waals surface area (Å²) in [6, 6.07) is 0. The Labute approximate surface area is 148 Å². The van der Waals surface area contributed by atoms with Crippen LogP contribution in [0, 0.1) is 5.92 Å². The Kier molecular flexibility index (Phi) is 4.80. The average molecular weight is 349 g/mol. The summed E-state index contributed by atoms with van der Waals surface area (Å²) in [7, 11) is 1.82. The summed E-state index contributed by atoms with van der Waals surface area (Å²) in [5, 5.41) is 4.07. The molecule has 3 aliphatic rings. The fourth-order valence-corrected chi connectivity index (χ4v) is 4.04. The van der Waals surface area contributed by atoms with Crippen LogP contribution in [0.2, 0.25) is 0 Å². The molecular formula is C18H27N3O4. The molecule has 3 fully saturated rings. The maximum Gasteiger partial charge on any atom is 0.257 e. The Balaban J connectivity index is 1.26. The number of carbonyl (C=O) groups is 1. The monoisotopic (exact) mass is 349 g/mol. The lowest BCUT2D eigenvalue weighted by Crippen LogP contribution is -2.67. The zero-order chi connectivity index (χ0) is 17.3. The molecule has 0 aliphatic carbocycles. The molecule has 1 atom stereocenters. The number of likely N-dealkylation sites (tertiary alicyclic amines) is 1. The normalized spacial score (nSPS) is 26.6. The van der Waals surface area contributed by atoms with Gasteiger partial charge in [-0.3, -0.25) is 9.48 Å². The van der Waals surface area contributed by atoms with E-state index in [0.717, 1.165) is 45.5 Å². The number of aromatic nitrogens is 2. The van der Waals surface area contributed by atoms with Crippen LogP contribution < -0.4 is 0 Å². The molecule has 1 amide bonds. The Bertz CT molecular complexity index is 605. The van der Waals surface area contributed by atoms with Gasteiger partial charge in [-0.2, -0.15) is 5.10 Å². The highest BCUT2D eigenvalue weighted by Gasteiger charge is 2.49. The van der Waals surface area contributed by atoms with Crippen LogP contribution in [0.4, 0.5) is 0 Å². The van der Waals surface area contributed by atoms with E-state index in [4.69, 9.17) is 14.2 Å². The number of amides is 1. The van der Waals surface area contributed by atoms with Crippen molar-refractivity contribution >= 4 is 5.91 Å². The standard InChI is InChI=1S/C18H27N3O4/c1-20-10-15(9-19-20)17(22)21-12-18(13-21)8-16(4-7-25-18)24-11-14-2-5-23-6-3-14/h9-10,14,16H,2-8,11-13H2,1H3/t16-/m0/s1. The van der Waals surface area contributed by atoms with Crippen LogP contribution in [0.3, 0.4) is 0 Å². The molecule has 0 saturated carbocycles. The topological polar surface area (TPSA) is 65.8 Å². The van der Waals surface area contributed by atoms with Gasteiger partial charge in [-0.1, -0.05) is 0 Å². The van der Waals surface area contributed by atoms with E-state index >= 15 is 0 Å². The van der Waals surface area contributed by atoms with Gasteiger partial charge in [-0.25, -0.2) is 0 Å². The van der Waals surface area contributed by atoms with Gasteiger partial charge in [0.1, 0.15) is 5.60 Å². The van der Waals surface area contributed by atoms with E-state index in [2.05, 4.69) is 5.10 Å². The van der Waals surface area contributed by atoms with Crippen LogP contribution in [-0.2, 0) is 21.3 Å². The average Bonchev–Trinajstić information content (AvgIpc) is 3.05. The molecular weight excluding hydrogens is 322 g/mol. The second-order valence-electron chi connectivity index (χ2n) is 7.60. The predicted octanol–water partition coefficient (Wildman–Crippen LogP) is 1.24. The lowest BCUT2D eigenvalue weighted by atomic mass is 9.84. The van der Waals surface area contributed by atoms with Crippen LogP contribution >= 0.6 is 0 Å². The van der Waals surface area contributed by atoms with Crippen molar-refractivity contribution in [2.45, 2.75) is 37.4 Å². The highest BCUT2D eigenvalue weighted by molar-refractivity contribution is 5.94. The zero-order valence-corrected chi connectivity index (χ0v) is 14.9. The first-order valence-electron chi connectivity index (χ1n) is 9.25. The zero-order valence-electron chi connectivity index (χ0n) is 14.9. The van der Waals surface area contributed by atoms with Crippen molar-refractivity contribution in [3.63, 3.8) is 0 Å². The molecule has 7 heteroatoms. The molecule has 4 rings (SSSR count). The molecule has 0 bridgehead atoms. The molecule has 0 N–H and O–H groups in total. The van der Waals surface area contributed by atoms with Gasteiger partial charge in [-0.15, -0.1) is 0 Å². The molecule has 1 aromatic heterocycles. The number of ether oxygens (including phenoxy) is 3. The molecule has 1 aromatic rings. The number of carbonyl (C=O) groups excluding carboxylic acids is 1. The fourth-order valence-electron chi connectivity index (χ4n) is 4.04. The first kappa shape index (κ1) is 17.0. The summed E-state index contributed by atoms with van der Waals surface area (Å²) in [6.07, 6.45) is 7.65. The smallest absolute Gasteiger partial charge is 0.257 e. The van der Waals surface area contributed by atoms with E-state index in [0.29, 0.717) is 31.2 Å². The van der Waals surface area contributed by atoms with Gasteiger partial charge < -0.3 is 19.1 Å². The van der Waals surface area contributed by atoms with Gasteiger partial charge in [0.15, 0.2) is 0 Å². The van der Waals surface area contributed by atoms with Crippen molar-refractivity contribution in [1.29, 1.82) is 0 Å². The number of rotatable bonds is 4. The van der Waals surface area contributed by atoms with Crippen molar-refractivity contribution in [3.05, 3.63) is 18.0 Å². The van der Waals surface area contributed by atoms with E-state index in [1.54, 1.807) is 17.1 Å². The highest BCUT2D eigenvalue weighted by atomic mass is 16.5. The van der Waals surface area contributed by atoms with Gasteiger partial charge in [-0.05, 0) is 25.2 Å². The van der Waals surface area contributed by atoms with Crippen LogP contribution in [0.5, 0.6) is 0 Å². The summed E-state index contributed by atoms with van der Waals surface area (Å²) < 4.78 is 19.3. The summed E-state index contributed by atoms with van der Waals surface area (Å²) >= 11 is 0. The number of hydrogen-bond donors (Lipinski definition) is 0.